The summed E-state index contributed by atoms with van der Waals surface area (Å²) >= 11 is 0. The molecular weight excluding hydrogens is 260 g/mol. The highest BCUT2D eigenvalue weighted by molar-refractivity contribution is 6.76. The molecule has 19 heavy (non-hydrogen) atoms. The van der Waals surface area contributed by atoms with Gasteiger partial charge < -0.3 is 9.84 Å². The van der Waals surface area contributed by atoms with Crippen LogP contribution in [0.15, 0.2) is 11.6 Å². The Morgan fingerprint density at radius 2 is 1.68 bits per heavy atom. The first kappa shape index (κ1) is 17.9. The van der Waals surface area contributed by atoms with Gasteiger partial charge in [0.25, 0.3) is 0 Å². The van der Waals surface area contributed by atoms with Crippen molar-refractivity contribution in [1.82, 2.24) is 0 Å². The maximum atomic E-state index is 11.5. The first-order valence-corrected chi connectivity index (χ1v) is 10.5. The second-order valence-corrected chi connectivity index (χ2v) is 11.5. The standard InChI is InChI=1S/C14H26O4Si/c1-5-12(6-8-13(15)16)7-9-14(17)18-10-11-19(2,3)4/h5H,6-11H2,1-4H3,(H,15,16)/b12-5+. The van der Waals surface area contributed by atoms with Gasteiger partial charge in [-0.2, -0.15) is 0 Å². The second-order valence-electron chi connectivity index (χ2n) is 5.87. The van der Waals surface area contributed by atoms with E-state index in [1.807, 2.05) is 13.0 Å². The van der Waals surface area contributed by atoms with Crippen LogP contribution in [0.4, 0.5) is 0 Å². The van der Waals surface area contributed by atoms with Crippen LogP contribution in [0.1, 0.15) is 32.6 Å². The van der Waals surface area contributed by atoms with E-state index < -0.39 is 14.0 Å². The molecule has 4 nitrogen and oxygen atoms in total. The number of carbonyl (C=O) groups excluding carboxylic acids is 1. The predicted octanol–water partition coefficient (Wildman–Crippen LogP) is 3.46. The lowest BCUT2D eigenvalue weighted by Crippen LogP contribution is -2.22. The summed E-state index contributed by atoms with van der Waals surface area (Å²) in [6.45, 7) is 9.10. The van der Waals surface area contributed by atoms with Gasteiger partial charge in [-0.1, -0.05) is 31.3 Å². The highest BCUT2D eigenvalue weighted by Crippen LogP contribution is 2.13. The largest absolute Gasteiger partial charge is 0.481 e. The van der Waals surface area contributed by atoms with Crippen molar-refractivity contribution in [3.8, 4) is 0 Å². The van der Waals surface area contributed by atoms with Gasteiger partial charge in [0.15, 0.2) is 0 Å². The lowest BCUT2D eigenvalue weighted by molar-refractivity contribution is -0.143. The molecule has 0 atom stereocenters. The number of aliphatic carboxylic acids is 1. The number of carboxylic acid groups (broad SMARTS) is 1. The van der Waals surface area contributed by atoms with Crippen LogP contribution in [0.25, 0.3) is 0 Å². The van der Waals surface area contributed by atoms with Crippen LogP contribution in [0.2, 0.25) is 25.7 Å². The molecule has 0 radical (unpaired) electrons. The molecule has 0 spiro atoms. The SMILES string of the molecule is C/C=C(\CCC(=O)O)CCC(=O)OCC[Si](C)(C)C. The van der Waals surface area contributed by atoms with Crippen molar-refractivity contribution in [3.05, 3.63) is 11.6 Å². The van der Waals surface area contributed by atoms with E-state index in [9.17, 15) is 9.59 Å². The third-order valence-corrected chi connectivity index (χ3v) is 4.54. The normalized spacial score (nSPS) is 12.3. The first-order chi connectivity index (χ1) is 8.74. The van der Waals surface area contributed by atoms with Crippen LogP contribution in [0, 0.1) is 0 Å². The third kappa shape index (κ3) is 11.7. The topological polar surface area (TPSA) is 63.6 Å². The zero-order chi connectivity index (χ0) is 14.9. The number of carbonyl (C=O) groups is 2. The van der Waals surface area contributed by atoms with Gasteiger partial charge in [-0.05, 0) is 25.8 Å². The molecule has 0 unspecified atom stereocenters. The van der Waals surface area contributed by atoms with E-state index in [4.69, 9.17) is 9.84 Å². The fourth-order valence-electron chi connectivity index (χ4n) is 1.49. The Balaban J connectivity index is 3.85. The quantitative estimate of drug-likeness (QED) is 0.400. The summed E-state index contributed by atoms with van der Waals surface area (Å²) < 4.78 is 5.19. The molecular formula is C14H26O4Si. The van der Waals surface area contributed by atoms with Crippen LogP contribution in [0.5, 0.6) is 0 Å². The average Bonchev–Trinajstić information content (AvgIpc) is 2.27. The predicted molar refractivity (Wildman–Crippen MR) is 79.0 cm³/mol. The van der Waals surface area contributed by atoms with E-state index in [2.05, 4.69) is 19.6 Å². The van der Waals surface area contributed by atoms with Gasteiger partial charge in [-0.15, -0.1) is 0 Å². The van der Waals surface area contributed by atoms with E-state index in [-0.39, 0.29) is 12.4 Å². The van der Waals surface area contributed by atoms with Gasteiger partial charge in [-0.3, -0.25) is 9.59 Å². The van der Waals surface area contributed by atoms with Gasteiger partial charge in [0.2, 0.25) is 0 Å². The highest BCUT2D eigenvalue weighted by atomic mass is 28.3. The molecule has 0 aromatic carbocycles. The summed E-state index contributed by atoms with van der Waals surface area (Å²) in [5.74, 6) is -0.995. The van der Waals surface area contributed by atoms with Crippen LogP contribution in [-0.2, 0) is 14.3 Å². The van der Waals surface area contributed by atoms with Gasteiger partial charge in [0.05, 0.1) is 6.61 Å². The summed E-state index contributed by atoms with van der Waals surface area (Å²) in [5.41, 5.74) is 1.00. The van der Waals surface area contributed by atoms with Crippen LogP contribution in [0.3, 0.4) is 0 Å². The van der Waals surface area contributed by atoms with Gasteiger partial charge in [-0.25, -0.2) is 0 Å². The number of esters is 1. The van der Waals surface area contributed by atoms with Crippen molar-refractivity contribution < 1.29 is 19.4 Å². The highest BCUT2D eigenvalue weighted by Gasteiger charge is 2.14. The van der Waals surface area contributed by atoms with E-state index in [1.54, 1.807) is 0 Å². The minimum absolute atomic E-state index is 0.115. The summed E-state index contributed by atoms with van der Waals surface area (Å²) in [6, 6.07) is 0.980. The Bertz CT molecular complexity index is 329. The van der Waals surface area contributed by atoms with Crippen LogP contribution < -0.4 is 0 Å². The van der Waals surface area contributed by atoms with Crippen molar-refractivity contribution >= 4 is 20.0 Å². The molecule has 5 heteroatoms. The Kier molecular flexibility index (Phi) is 8.39. The summed E-state index contributed by atoms with van der Waals surface area (Å²) in [6.07, 6.45) is 3.44. The van der Waals surface area contributed by atoms with Gasteiger partial charge >= 0.3 is 11.9 Å². The monoisotopic (exact) mass is 286 g/mol. The van der Waals surface area contributed by atoms with Crippen molar-refractivity contribution in [1.29, 1.82) is 0 Å². The average molecular weight is 286 g/mol. The van der Waals surface area contributed by atoms with Gasteiger partial charge in [0, 0.05) is 20.9 Å². The Labute approximate surface area is 116 Å². The Morgan fingerprint density at radius 1 is 1.11 bits per heavy atom. The third-order valence-electron chi connectivity index (χ3n) is 2.83. The smallest absolute Gasteiger partial charge is 0.306 e. The number of carboxylic acids is 1. The van der Waals surface area contributed by atoms with E-state index in [1.165, 1.54) is 0 Å². The fourth-order valence-corrected chi connectivity index (χ4v) is 2.20. The molecule has 0 saturated heterocycles. The molecule has 0 amide bonds. The zero-order valence-corrected chi connectivity index (χ0v) is 13.5. The van der Waals surface area contributed by atoms with Crippen molar-refractivity contribution in [3.63, 3.8) is 0 Å². The van der Waals surface area contributed by atoms with Crippen molar-refractivity contribution in [2.45, 2.75) is 58.3 Å². The molecule has 0 aliphatic carbocycles. The molecule has 0 saturated carbocycles. The molecule has 110 valence electrons. The summed E-state index contributed by atoms with van der Waals surface area (Å²) in [7, 11) is -1.15. The van der Waals surface area contributed by atoms with Gasteiger partial charge in [0.1, 0.15) is 0 Å². The number of rotatable bonds is 9. The second kappa shape index (κ2) is 8.91. The first-order valence-electron chi connectivity index (χ1n) is 6.76. The van der Waals surface area contributed by atoms with E-state index >= 15 is 0 Å². The number of hydrogen-bond acceptors (Lipinski definition) is 3. The molecule has 0 fully saturated rings. The van der Waals surface area contributed by atoms with Crippen molar-refractivity contribution in [2.75, 3.05) is 6.61 Å². The van der Waals surface area contributed by atoms with Crippen LogP contribution in [-0.4, -0.2) is 31.7 Å². The van der Waals surface area contributed by atoms with E-state index in [0.717, 1.165) is 11.6 Å². The Morgan fingerprint density at radius 3 is 2.16 bits per heavy atom. The van der Waals surface area contributed by atoms with Crippen molar-refractivity contribution in [2.24, 2.45) is 0 Å². The fraction of sp³-hybridized carbons (Fsp3) is 0.714. The maximum absolute atomic E-state index is 11.5. The number of ether oxygens (including phenoxy) is 1. The van der Waals surface area contributed by atoms with Crippen LogP contribution >= 0.6 is 0 Å². The molecule has 0 aromatic rings. The summed E-state index contributed by atoms with van der Waals surface area (Å²) in [5, 5.41) is 8.61. The minimum Gasteiger partial charge on any atom is -0.481 e. The lowest BCUT2D eigenvalue weighted by Gasteiger charge is -2.15. The molecule has 0 bridgehead atoms. The molecule has 1 N–H and O–H groups in total. The molecule has 0 aromatic heterocycles. The number of hydrogen-bond donors (Lipinski definition) is 1. The maximum Gasteiger partial charge on any atom is 0.306 e. The Hall–Kier alpha value is -1.10. The summed E-state index contributed by atoms with van der Waals surface area (Å²) in [4.78, 5) is 22.0. The molecule has 0 heterocycles. The molecule has 0 aliphatic rings. The van der Waals surface area contributed by atoms with E-state index in [0.29, 0.717) is 25.9 Å². The minimum atomic E-state index is -1.15. The molecule has 0 rings (SSSR count). The molecule has 0 aliphatic heterocycles. The zero-order valence-electron chi connectivity index (χ0n) is 12.5. The number of allylic oxidation sites excluding steroid dienone is 2. The lowest BCUT2D eigenvalue weighted by atomic mass is 10.0.